The number of amides is 1. The number of hydrogen-bond donors (Lipinski definition) is 2. The summed E-state index contributed by atoms with van der Waals surface area (Å²) in [4.78, 5) is 20.1. The van der Waals surface area contributed by atoms with Crippen LogP contribution in [0.3, 0.4) is 0 Å². The van der Waals surface area contributed by atoms with Crippen LogP contribution in [0, 0.1) is 0 Å². The number of hydrogen-bond acceptors (Lipinski definition) is 4. The van der Waals surface area contributed by atoms with E-state index >= 15 is 0 Å². The van der Waals surface area contributed by atoms with Crippen LogP contribution in [-0.4, -0.2) is 21.0 Å². The number of rotatable bonds is 5. The molecule has 1 unspecified atom stereocenters. The third kappa shape index (κ3) is 4.66. The molecule has 0 saturated carbocycles. The highest BCUT2D eigenvalue weighted by molar-refractivity contribution is 6.34. The fourth-order valence-electron chi connectivity index (χ4n) is 1.87. The van der Waals surface area contributed by atoms with E-state index in [2.05, 4.69) is 15.3 Å². The van der Waals surface area contributed by atoms with Gasteiger partial charge in [0.2, 0.25) is 5.91 Å². The molecule has 1 atom stereocenters. The number of aliphatic hydroxyl groups is 1. The smallest absolute Gasteiger partial charge is 0.227 e. The average Bonchev–Trinajstić information content (AvgIpc) is 2.47. The Hall–Kier alpha value is -1.69. The first-order valence-corrected chi connectivity index (χ1v) is 7.48. The molecule has 116 valence electrons. The van der Waals surface area contributed by atoms with E-state index in [4.69, 9.17) is 23.2 Å². The molecule has 1 amide bonds. The van der Waals surface area contributed by atoms with E-state index in [9.17, 15) is 9.90 Å². The minimum atomic E-state index is -0.993. The lowest BCUT2D eigenvalue weighted by Gasteiger charge is -2.12. The molecule has 7 heteroatoms. The summed E-state index contributed by atoms with van der Waals surface area (Å²) in [5, 5.41) is 13.5. The van der Waals surface area contributed by atoms with Crippen LogP contribution in [0.5, 0.6) is 0 Å². The van der Waals surface area contributed by atoms with Crippen molar-refractivity contribution in [3.05, 3.63) is 52.0 Å². The summed E-state index contributed by atoms with van der Waals surface area (Å²) in [7, 11) is 0. The molecule has 0 aliphatic carbocycles. The quantitative estimate of drug-likeness (QED) is 0.875. The first-order chi connectivity index (χ1) is 10.5. The second kappa shape index (κ2) is 7.54. The zero-order valence-electron chi connectivity index (χ0n) is 11.9. The van der Waals surface area contributed by atoms with Gasteiger partial charge in [-0.1, -0.05) is 30.1 Å². The summed E-state index contributed by atoms with van der Waals surface area (Å²) in [6.07, 6.45) is 2.68. The topological polar surface area (TPSA) is 75.1 Å². The number of aryl methyl sites for hydroxylation is 1. The monoisotopic (exact) mass is 339 g/mol. The summed E-state index contributed by atoms with van der Waals surface area (Å²) in [6, 6.07) is 4.71. The molecule has 1 aromatic heterocycles. The molecule has 2 N–H and O–H groups in total. The van der Waals surface area contributed by atoms with Crippen LogP contribution >= 0.6 is 23.2 Å². The van der Waals surface area contributed by atoms with E-state index in [1.165, 1.54) is 12.4 Å². The molecule has 2 rings (SSSR count). The highest BCUT2D eigenvalue weighted by Crippen LogP contribution is 2.25. The van der Waals surface area contributed by atoms with E-state index in [-0.39, 0.29) is 12.3 Å². The minimum Gasteiger partial charge on any atom is -0.388 e. The van der Waals surface area contributed by atoms with Gasteiger partial charge in [0.15, 0.2) is 0 Å². The fourth-order valence-corrected chi connectivity index (χ4v) is 2.42. The lowest BCUT2D eigenvalue weighted by atomic mass is 10.1. The first-order valence-electron chi connectivity index (χ1n) is 6.72. The third-order valence-electron chi connectivity index (χ3n) is 2.95. The lowest BCUT2D eigenvalue weighted by Crippen LogP contribution is -2.16. The highest BCUT2D eigenvalue weighted by Gasteiger charge is 2.14. The number of benzene rings is 1. The van der Waals surface area contributed by atoms with Gasteiger partial charge in [0.25, 0.3) is 0 Å². The van der Waals surface area contributed by atoms with Crippen molar-refractivity contribution in [3.63, 3.8) is 0 Å². The van der Waals surface area contributed by atoms with Crippen molar-refractivity contribution < 1.29 is 9.90 Å². The summed E-state index contributed by atoms with van der Waals surface area (Å²) in [5.41, 5.74) is 0.976. The molecular weight excluding hydrogens is 325 g/mol. The Morgan fingerprint density at radius 2 is 1.82 bits per heavy atom. The molecule has 0 spiro atoms. The maximum atomic E-state index is 11.9. The molecular formula is C15H15Cl2N3O2. The average molecular weight is 340 g/mol. The van der Waals surface area contributed by atoms with E-state index in [1.54, 1.807) is 18.2 Å². The molecule has 0 saturated heterocycles. The van der Waals surface area contributed by atoms with E-state index < -0.39 is 6.10 Å². The van der Waals surface area contributed by atoms with Crippen LogP contribution in [-0.2, 0) is 11.2 Å². The Labute approximate surface area is 138 Å². The van der Waals surface area contributed by atoms with Crippen LogP contribution in [0.25, 0.3) is 0 Å². The van der Waals surface area contributed by atoms with E-state index in [1.807, 2.05) is 6.92 Å². The maximum Gasteiger partial charge on any atom is 0.227 e. The zero-order valence-corrected chi connectivity index (χ0v) is 13.4. The molecule has 1 aromatic carbocycles. The van der Waals surface area contributed by atoms with Gasteiger partial charge < -0.3 is 10.4 Å². The van der Waals surface area contributed by atoms with Crippen LogP contribution in [0.15, 0.2) is 30.6 Å². The van der Waals surface area contributed by atoms with E-state index in [0.29, 0.717) is 27.1 Å². The van der Waals surface area contributed by atoms with Gasteiger partial charge in [-0.15, -0.1) is 0 Å². The van der Waals surface area contributed by atoms with Gasteiger partial charge in [-0.05, 0) is 23.8 Å². The van der Waals surface area contributed by atoms with Crippen LogP contribution < -0.4 is 5.32 Å². The SMILES string of the molecule is CCc1ncc(NC(=O)CC(O)c2cc(Cl)cc(Cl)c2)cn1. The van der Waals surface area contributed by atoms with Gasteiger partial charge >= 0.3 is 0 Å². The molecule has 1 heterocycles. The van der Waals surface area contributed by atoms with Gasteiger partial charge in [0.1, 0.15) is 5.82 Å². The Balaban J connectivity index is 1.98. The second-order valence-electron chi connectivity index (χ2n) is 4.71. The van der Waals surface area contributed by atoms with Gasteiger partial charge in [0.05, 0.1) is 30.6 Å². The van der Waals surface area contributed by atoms with Crippen molar-refractivity contribution >= 4 is 34.8 Å². The summed E-state index contributed by atoms with van der Waals surface area (Å²) < 4.78 is 0. The van der Waals surface area contributed by atoms with Crippen LogP contribution in [0.2, 0.25) is 10.0 Å². The molecule has 0 bridgehead atoms. The third-order valence-corrected chi connectivity index (χ3v) is 3.39. The van der Waals surface area contributed by atoms with Crippen molar-refractivity contribution in [2.75, 3.05) is 5.32 Å². The fraction of sp³-hybridized carbons (Fsp3) is 0.267. The van der Waals surface area contributed by atoms with Crippen molar-refractivity contribution in [1.29, 1.82) is 0 Å². The molecule has 0 radical (unpaired) electrons. The number of carbonyl (C=O) groups is 1. The van der Waals surface area contributed by atoms with E-state index in [0.717, 1.165) is 6.42 Å². The predicted molar refractivity (Wildman–Crippen MR) is 86.1 cm³/mol. The number of aromatic nitrogens is 2. The summed E-state index contributed by atoms with van der Waals surface area (Å²) in [5.74, 6) is 0.350. The largest absolute Gasteiger partial charge is 0.388 e. The van der Waals surface area contributed by atoms with Crippen LogP contribution in [0.4, 0.5) is 5.69 Å². The molecule has 0 aliphatic rings. The number of halogens is 2. The Bertz CT molecular complexity index is 642. The number of carbonyl (C=O) groups excluding carboxylic acids is 1. The first kappa shape index (κ1) is 16.7. The maximum absolute atomic E-state index is 11.9. The molecule has 2 aromatic rings. The van der Waals surface area contributed by atoms with Crippen molar-refractivity contribution in [2.45, 2.75) is 25.9 Å². The molecule has 5 nitrogen and oxygen atoms in total. The second-order valence-corrected chi connectivity index (χ2v) is 5.59. The lowest BCUT2D eigenvalue weighted by molar-refractivity contribution is -0.118. The number of nitrogens with one attached hydrogen (secondary N) is 1. The Morgan fingerprint density at radius 1 is 1.23 bits per heavy atom. The number of aliphatic hydroxyl groups excluding tert-OH is 1. The number of nitrogens with zero attached hydrogens (tertiary/aromatic N) is 2. The predicted octanol–water partition coefficient (Wildman–Crippen LogP) is 3.41. The molecule has 0 fully saturated rings. The van der Waals surface area contributed by atoms with Crippen LogP contribution in [0.1, 0.15) is 30.8 Å². The highest BCUT2D eigenvalue weighted by atomic mass is 35.5. The van der Waals surface area contributed by atoms with Gasteiger partial charge in [-0.3, -0.25) is 4.79 Å². The van der Waals surface area contributed by atoms with Gasteiger partial charge in [-0.2, -0.15) is 0 Å². The Morgan fingerprint density at radius 3 is 2.36 bits per heavy atom. The molecule has 22 heavy (non-hydrogen) atoms. The summed E-state index contributed by atoms with van der Waals surface area (Å²) in [6.45, 7) is 1.94. The van der Waals surface area contributed by atoms with Crippen molar-refractivity contribution in [1.82, 2.24) is 9.97 Å². The van der Waals surface area contributed by atoms with Gasteiger partial charge in [-0.25, -0.2) is 9.97 Å². The normalized spacial score (nSPS) is 12.0. The summed E-state index contributed by atoms with van der Waals surface area (Å²) >= 11 is 11.8. The standard InChI is InChI=1S/C15H15Cl2N3O2/c1-2-14-18-7-12(8-19-14)20-15(22)6-13(21)9-3-10(16)5-11(17)4-9/h3-5,7-8,13,21H,2,6H2,1H3,(H,20,22). The number of anilines is 1. The zero-order chi connectivity index (χ0) is 16.1. The molecule has 0 aliphatic heterocycles. The van der Waals surface area contributed by atoms with Crippen molar-refractivity contribution in [2.24, 2.45) is 0 Å². The minimum absolute atomic E-state index is 0.119. The van der Waals surface area contributed by atoms with Crippen molar-refractivity contribution in [3.8, 4) is 0 Å². The Kier molecular flexibility index (Phi) is 5.71. The van der Waals surface area contributed by atoms with Gasteiger partial charge in [0, 0.05) is 16.5 Å².